The molecule has 0 saturated carbocycles. The summed E-state index contributed by atoms with van der Waals surface area (Å²) in [7, 11) is 0. The number of hydrogen-bond acceptors (Lipinski definition) is 6. The maximum atomic E-state index is 10.5. The van der Waals surface area contributed by atoms with Gasteiger partial charge in [0, 0.05) is 12.6 Å². The summed E-state index contributed by atoms with van der Waals surface area (Å²) < 4.78 is 0. The second-order valence-electron chi connectivity index (χ2n) is 4.23. The molecule has 1 unspecified atom stereocenters. The van der Waals surface area contributed by atoms with Crippen molar-refractivity contribution in [2.24, 2.45) is 11.5 Å². The fourth-order valence-electron chi connectivity index (χ4n) is 1.25. The van der Waals surface area contributed by atoms with Crippen molar-refractivity contribution >= 4 is 17.9 Å². The van der Waals surface area contributed by atoms with Crippen LogP contribution in [0.1, 0.15) is 23.3 Å². The molecule has 12 nitrogen and oxygen atoms in total. The summed E-state index contributed by atoms with van der Waals surface area (Å²) in [5, 5.41) is 26.0. The van der Waals surface area contributed by atoms with Crippen molar-refractivity contribution in [1.29, 1.82) is 5.41 Å². The number of nitrogens with two attached hydrogens (primary N) is 2. The quantitative estimate of drug-likeness (QED) is 0.155. The van der Waals surface area contributed by atoms with Gasteiger partial charge in [-0.2, -0.15) is 0 Å². The molecule has 1 heterocycles. The number of aliphatic carboxylic acids is 1. The van der Waals surface area contributed by atoms with E-state index >= 15 is 0 Å². The molecular formula is C11H18N6O6. The largest absolute Gasteiger partial charge is 0.480 e. The summed E-state index contributed by atoms with van der Waals surface area (Å²) in [6.07, 6.45) is 0.975. The number of carboxylic acids is 2. The lowest BCUT2D eigenvalue weighted by atomic mass is 10.2. The Labute approximate surface area is 129 Å². The number of rotatable bonds is 6. The van der Waals surface area contributed by atoms with Crippen LogP contribution in [0.5, 0.6) is 0 Å². The molecule has 0 aliphatic rings. The second-order valence-corrected chi connectivity index (χ2v) is 4.23. The SMILES string of the molecule is N=C(N)NCCCC(N)C(=O)O.O=C(O)c1cc(=O)[nH]c(=O)[nH]1. The fourth-order valence-corrected chi connectivity index (χ4v) is 1.25. The summed E-state index contributed by atoms with van der Waals surface area (Å²) in [6.45, 7) is 0.482. The van der Waals surface area contributed by atoms with Crippen LogP contribution in [0.25, 0.3) is 0 Å². The molecule has 23 heavy (non-hydrogen) atoms. The van der Waals surface area contributed by atoms with Gasteiger partial charge in [0.1, 0.15) is 11.7 Å². The molecule has 0 aliphatic heterocycles. The van der Waals surface area contributed by atoms with E-state index in [0.29, 0.717) is 19.4 Å². The number of H-pyrrole nitrogens is 2. The van der Waals surface area contributed by atoms with Gasteiger partial charge in [-0.3, -0.25) is 20.0 Å². The van der Waals surface area contributed by atoms with Crippen molar-refractivity contribution in [1.82, 2.24) is 15.3 Å². The maximum absolute atomic E-state index is 10.5. The van der Waals surface area contributed by atoms with E-state index in [2.05, 4.69) is 5.32 Å². The van der Waals surface area contributed by atoms with Crippen LogP contribution in [-0.2, 0) is 4.79 Å². The minimum atomic E-state index is -1.34. The first-order chi connectivity index (χ1) is 10.6. The molecule has 0 radical (unpaired) electrons. The first-order valence-corrected chi connectivity index (χ1v) is 6.26. The highest BCUT2D eigenvalue weighted by Gasteiger charge is 2.09. The van der Waals surface area contributed by atoms with Gasteiger partial charge in [-0.05, 0) is 12.8 Å². The van der Waals surface area contributed by atoms with E-state index in [4.69, 9.17) is 27.1 Å². The highest BCUT2D eigenvalue weighted by molar-refractivity contribution is 5.84. The lowest BCUT2D eigenvalue weighted by molar-refractivity contribution is -0.138. The third kappa shape index (κ3) is 9.41. The van der Waals surface area contributed by atoms with Crippen LogP contribution in [0.2, 0.25) is 0 Å². The average Bonchev–Trinajstić information content (AvgIpc) is 2.42. The van der Waals surface area contributed by atoms with Gasteiger partial charge in [-0.25, -0.2) is 9.59 Å². The number of guanidine groups is 1. The summed E-state index contributed by atoms with van der Waals surface area (Å²) in [4.78, 5) is 45.1. The Kier molecular flexibility index (Phi) is 8.39. The zero-order valence-corrected chi connectivity index (χ0v) is 12.0. The van der Waals surface area contributed by atoms with Crippen LogP contribution in [0.3, 0.4) is 0 Å². The molecule has 0 saturated heterocycles. The van der Waals surface area contributed by atoms with Gasteiger partial charge in [0.05, 0.1) is 0 Å². The second kappa shape index (κ2) is 9.73. The maximum Gasteiger partial charge on any atom is 0.352 e. The molecular weight excluding hydrogens is 312 g/mol. The van der Waals surface area contributed by atoms with Crippen LogP contribution >= 0.6 is 0 Å². The van der Waals surface area contributed by atoms with Crippen LogP contribution < -0.4 is 28.0 Å². The van der Waals surface area contributed by atoms with Gasteiger partial charge in [-0.1, -0.05) is 0 Å². The van der Waals surface area contributed by atoms with E-state index in [0.717, 1.165) is 6.07 Å². The lowest BCUT2D eigenvalue weighted by Gasteiger charge is -2.06. The number of hydrogen-bond donors (Lipinski definition) is 8. The molecule has 0 bridgehead atoms. The van der Waals surface area contributed by atoms with E-state index in [1.165, 1.54) is 0 Å². The first-order valence-electron chi connectivity index (χ1n) is 6.26. The van der Waals surface area contributed by atoms with Gasteiger partial charge in [0.25, 0.3) is 5.56 Å². The summed E-state index contributed by atoms with van der Waals surface area (Å²) in [5.74, 6) is -2.45. The molecule has 0 amide bonds. The first kappa shape index (κ1) is 19.9. The lowest BCUT2D eigenvalue weighted by Crippen LogP contribution is -2.34. The Morgan fingerprint density at radius 1 is 1.30 bits per heavy atom. The third-order valence-corrected chi connectivity index (χ3v) is 2.32. The van der Waals surface area contributed by atoms with Gasteiger partial charge < -0.3 is 32.0 Å². The molecule has 0 aliphatic carbocycles. The van der Waals surface area contributed by atoms with Gasteiger partial charge in [0.15, 0.2) is 5.96 Å². The highest BCUT2D eigenvalue weighted by Crippen LogP contribution is 1.92. The number of aromatic amines is 2. The van der Waals surface area contributed by atoms with Gasteiger partial charge in [0.2, 0.25) is 0 Å². The van der Waals surface area contributed by atoms with E-state index in [1.54, 1.807) is 0 Å². The number of carboxylic acid groups (broad SMARTS) is 2. The topological polar surface area (TPSA) is 228 Å². The number of aromatic nitrogens is 2. The Morgan fingerprint density at radius 2 is 1.91 bits per heavy atom. The number of aromatic carboxylic acids is 1. The number of nitrogens with one attached hydrogen (secondary N) is 4. The van der Waals surface area contributed by atoms with E-state index < -0.39 is 34.9 Å². The summed E-state index contributed by atoms with van der Waals surface area (Å²) >= 11 is 0. The monoisotopic (exact) mass is 330 g/mol. The van der Waals surface area contributed by atoms with Crippen molar-refractivity contribution in [2.45, 2.75) is 18.9 Å². The Bertz CT molecular complexity index is 637. The third-order valence-electron chi connectivity index (χ3n) is 2.32. The molecule has 1 rings (SSSR count). The van der Waals surface area contributed by atoms with E-state index in [9.17, 15) is 19.2 Å². The Morgan fingerprint density at radius 3 is 2.35 bits per heavy atom. The van der Waals surface area contributed by atoms with Crippen LogP contribution in [-0.4, -0.2) is 50.7 Å². The van der Waals surface area contributed by atoms with E-state index in [1.807, 2.05) is 9.97 Å². The minimum absolute atomic E-state index is 0.112. The van der Waals surface area contributed by atoms with Crippen molar-refractivity contribution in [3.63, 3.8) is 0 Å². The predicted octanol–water partition coefficient (Wildman–Crippen LogP) is -2.58. The highest BCUT2D eigenvalue weighted by atomic mass is 16.4. The molecule has 12 heteroatoms. The normalized spacial score (nSPS) is 10.8. The molecule has 1 aromatic rings. The van der Waals surface area contributed by atoms with Crippen molar-refractivity contribution in [2.75, 3.05) is 6.54 Å². The molecule has 0 fully saturated rings. The fraction of sp³-hybridized carbons (Fsp3) is 0.364. The smallest absolute Gasteiger partial charge is 0.352 e. The van der Waals surface area contributed by atoms with Crippen molar-refractivity contribution in [3.05, 3.63) is 32.6 Å². The Balaban J connectivity index is 0.000000422. The van der Waals surface area contributed by atoms with Crippen LogP contribution in [0, 0.1) is 5.41 Å². The van der Waals surface area contributed by atoms with Crippen molar-refractivity contribution in [3.8, 4) is 0 Å². The average molecular weight is 330 g/mol. The van der Waals surface area contributed by atoms with E-state index in [-0.39, 0.29) is 5.96 Å². The predicted molar refractivity (Wildman–Crippen MR) is 79.4 cm³/mol. The molecule has 0 spiro atoms. The van der Waals surface area contributed by atoms with Gasteiger partial charge >= 0.3 is 17.6 Å². The molecule has 1 aromatic heterocycles. The molecule has 1 atom stereocenters. The van der Waals surface area contributed by atoms with Crippen LogP contribution in [0.4, 0.5) is 0 Å². The molecule has 0 aromatic carbocycles. The van der Waals surface area contributed by atoms with Crippen molar-refractivity contribution < 1.29 is 19.8 Å². The Hall–Kier alpha value is -3.15. The van der Waals surface area contributed by atoms with Gasteiger partial charge in [-0.15, -0.1) is 0 Å². The number of carbonyl (C=O) groups is 2. The zero-order valence-electron chi connectivity index (χ0n) is 12.0. The van der Waals surface area contributed by atoms with Crippen LogP contribution in [0.15, 0.2) is 15.7 Å². The molecule has 128 valence electrons. The molecule has 10 N–H and O–H groups in total. The minimum Gasteiger partial charge on any atom is -0.480 e. The summed E-state index contributed by atoms with van der Waals surface area (Å²) in [6, 6.07) is -0.0252. The summed E-state index contributed by atoms with van der Waals surface area (Å²) in [5.41, 5.74) is 8.24. The zero-order chi connectivity index (χ0) is 18.0. The standard InChI is InChI=1S/C6H14N4O2.C5H4N2O4/c7-4(5(11)12)2-1-3-10-6(8)9;8-3-1-2(4(9)10)6-5(11)7-3/h4H,1-3,7H2,(H,11,12)(H4,8,9,10);1H,(H,9,10)(H2,6,7,8,11).